The summed E-state index contributed by atoms with van der Waals surface area (Å²) < 4.78 is 5.62. The highest BCUT2D eigenvalue weighted by atomic mass is 16.5. The van der Waals surface area contributed by atoms with Crippen molar-refractivity contribution in [1.29, 1.82) is 0 Å². The third kappa shape index (κ3) is 6.44. The second-order valence-corrected chi connectivity index (χ2v) is 8.87. The number of ether oxygens (including phenoxy) is 1. The fraction of sp³-hybridized carbons (Fsp3) is 0.630. The highest BCUT2D eigenvalue weighted by molar-refractivity contribution is 5.40. The molecule has 1 aromatic rings. The smallest absolute Gasteiger partial charge is 0.119 e. The van der Waals surface area contributed by atoms with E-state index in [4.69, 9.17) is 4.74 Å². The van der Waals surface area contributed by atoms with Gasteiger partial charge in [0.15, 0.2) is 0 Å². The van der Waals surface area contributed by atoms with Gasteiger partial charge in [-0.15, -0.1) is 0 Å². The molecule has 2 fully saturated rings. The molecular weight excluding hydrogens is 340 g/mol. The maximum atomic E-state index is 5.62. The van der Waals surface area contributed by atoms with Crippen molar-refractivity contribution in [2.75, 3.05) is 6.61 Å². The molecule has 1 heteroatoms. The van der Waals surface area contributed by atoms with E-state index in [9.17, 15) is 0 Å². The van der Waals surface area contributed by atoms with Crippen LogP contribution in [0.1, 0.15) is 83.6 Å². The molecule has 1 nitrogen and oxygen atoms in total. The van der Waals surface area contributed by atoms with Gasteiger partial charge in [0.1, 0.15) is 5.75 Å². The number of hydrogen-bond donors (Lipinski definition) is 0. The summed E-state index contributed by atoms with van der Waals surface area (Å²) in [5.74, 6) is 11.2. The van der Waals surface area contributed by atoms with E-state index in [1.165, 1.54) is 57.8 Å². The lowest BCUT2D eigenvalue weighted by atomic mass is 9.69. The van der Waals surface area contributed by atoms with Crippen LogP contribution in [0, 0.1) is 35.5 Å². The van der Waals surface area contributed by atoms with Gasteiger partial charge in [0.05, 0.1) is 6.61 Å². The molecule has 2 aliphatic rings. The van der Waals surface area contributed by atoms with E-state index < -0.39 is 0 Å². The van der Waals surface area contributed by atoms with Crippen LogP contribution in [0.3, 0.4) is 0 Å². The second-order valence-electron chi connectivity index (χ2n) is 8.87. The van der Waals surface area contributed by atoms with E-state index in [2.05, 4.69) is 37.8 Å². The summed E-state index contributed by atoms with van der Waals surface area (Å²) in [5, 5.41) is 0. The first kappa shape index (κ1) is 21.0. The quantitative estimate of drug-likeness (QED) is 0.468. The second kappa shape index (κ2) is 11.4. The molecule has 3 rings (SSSR count). The fourth-order valence-corrected chi connectivity index (χ4v) is 5.04. The van der Waals surface area contributed by atoms with Crippen LogP contribution in [-0.2, 0) is 0 Å². The molecular formula is C27H38O. The van der Waals surface area contributed by atoms with Crippen molar-refractivity contribution in [2.24, 2.45) is 23.7 Å². The van der Waals surface area contributed by atoms with E-state index in [0.717, 1.165) is 48.0 Å². The summed E-state index contributed by atoms with van der Waals surface area (Å²) in [4.78, 5) is 0. The summed E-state index contributed by atoms with van der Waals surface area (Å²) >= 11 is 0. The minimum atomic E-state index is 0.738. The summed E-state index contributed by atoms with van der Waals surface area (Å²) in [6, 6.07) is 8.12. The molecule has 0 spiro atoms. The van der Waals surface area contributed by atoms with Crippen LogP contribution in [0.15, 0.2) is 36.4 Å². The van der Waals surface area contributed by atoms with Gasteiger partial charge in [-0.2, -0.15) is 0 Å². The maximum absolute atomic E-state index is 5.62. The van der Waals surface area contributed by atoms with Crippen molar-refractivity contribution in [3.05, 3.63) is 42.0 Å². The van der Waals surface area contributed by atoms with Gasteiger partial charge in [0.25, 0.3) is 0 Å². The van der Waals surface area contributed by atoms with Gasteiger partial charge in [-0.1, -0.05) is 51.0 Å². The Bertz CT molecular complexity index is 644. The third-order valence-corrected chi connectivity index (χ3v) is 6.95. The Morgan fingerprint density at radius 3 is 2.14 bits per heavy atom. The van der Waals surface area contributed by atoms with Gasteiger partial charge in [-0.05, 0) is 99.0 Å². The third-order valence-electron chi connectivity index (χ3n) is 6.95. The molecule has 0 atom stereocenters. The Morgan fingerprint density at radius 1 is 0.893 bits per heavy atom. The van der Waals surface area contributed by atoms with Gasteiger partial charge in [0.2, 0.25) is 0 Å². The van der Waals surface area contributed by atoms with E-state index in [1.54, 1.807) is 0 Å². The molecule has 0 N–H and O–H groups in total. The molecule has 0 amide bonds. The van der Waals surface area contributed by atoms with Crippen LogP contribution >= 0.6 is 0 Å². The first-order chi connectivity index (χ1) is 13.8. The van der Waals surface area contributed by atoms with Gasteiger partial charge >= 0.3 is 0 Å². The fourth-order valence-electron chi connectivity index (χ4n) is 5.04. The monoisotopic (exact) mass is 378 g/mol. The predicted molar refractivity (Wildman–Crippen MR) is 119 cm³/mol. The first-order valence-electron chi connectivity index (χ1n) is 11.7. The molecule has 1 aromatic carbocycles. The van der Waals surface area contributed by atoms with Crippen molar-refractivity contribution in [3.63, 3.8) is 0 Å². The number of allylic oxidation sites excluding steroid dienone is 2. The zero-order valence-corrected chi connectivity index (χ0v) is 18.0. The molecule has 152 valence electrons. The summed E-state index contributed by atoms with van der Waals surface area (Å²) in [6.45, 7) is 5.26. The standard InChI is InChI=1S/C27H38O/c1-3-21-28-27-19-13-24(14-20-27)8-6-5-7-23-11-17-26(18-12-23)25-15-9-22(4-2)10-16-25/h5,7,13-14,19-20,22-23,25-26H,3-4,9-12,15-18,21H2,1-2H3/t22-,23-,25-,26-. The van der Waals surface area contributed by atoms with Crippen LogP contribution < -0.4 is 4.74 Å². The van der Waals surface area contributed by atoms with E-state index in [0.29, 0.717) is 0 Å². The minimum absolute atomic E-state index is 0.738. The molecule has 28 heavy (non-hydrogen) atoms. The van der Waals surface area contributed by atoms with E-state index in [1.807, 2.05) is 24.3 Å². The van der Waals surface area contributed by atoms with Gasteiger partial charge in [0, 0.05) is 5.56 Å². The van der Waals surface area contributed by atoms with Crippen molar-refractivity contribution >= 4 is 0 Å². The van der Waals surface area contributed by atoms with Crippen molar-refractivity contribution < 1.29 is 4.74 Å². The van der Waals surface area contributed by atoms with Crippen LogP contribution in [0.25, 0.3) is 0 Å². The Morgan fingerprint density at radius 2 is 1.54 bits per heavy atom. The zero-order chi connectivity index (χ0) is 19.6. The largest absolute Gasteiger partial charge is 0.494 e. The number of rotatable bonds is 6. The molecule has 0 aliphatic heterocycles. The lowest BCUT2D eigenvalue weighted by Crippen LogP contribution is -2.25. The molecule has 0 radical (unpaired) electrons. The summed E-state index contributed by atoms with van der Waals surface area (Å²) in [5.41, 5.74) is 1.06. The van der Waals surface area contributed by atoms with Crippen LogP contribution in [-0.4, -0.2) is 6.61 Å². The van der Waals surface area contributed by atoms with Gasteiger partial charge in [-0.3, -0.25) is 0 Å². The number of hydrogen-bond acceptors (Lipinski definition) is 1. The lowest BCUT2D eigenvalue weighted by molar-refractivity contribution is 0.154. The van der Waals surface area contributed by atoms with Crippen molar-refractivity contribution in [3.8, 4) is 17.6 Å². The topological polar surface area (TPSA) is 9.23 Å². The van der Waals surface area contributed by atoms with Crippen molar-refractivity contribution in [1.82, 2.24) is 0 Å². The van der Waals surface area contributed by atoms with Crippen LogP contribution in [0.5, 0.6) is 5.75 Å². The Labute approximate surface area is 173 Å². The normalized spacial score (nSPS) is 27.9. The first-order valence-corrected chi connectivity index (χ1v) is 11.7. The Hall–Kier alpha value is -1.68. The summed E-state index contributed by atoms with van der Waals surface area (Å²) in [6.07, 6.45) is 18.4. The minimum Gasteiger partial charge on any atom is -0.494 e. The molecule has 0 heterocycles. The van der Waals surface area contributed by atoms with Gasteiger partial charge < -0.3 is 4.74 Å². The molecule has 2 saturated carbocycles. The SMILES string of the molecule is CCCOc1ccc(C#CC=C[C@H]2CC[C@H]([C@H]3CC[C@H](CC)CC3)CC2)cc1. The predicted octanol–water partition coefficient (Wildman–Crippen LogP) is 7.41. The molecule has 0 bridgehead atoms. The number of benzene rings is 1. The van der Waals surface area contributed by atoms with Crippen molar-refractivity contribution in [2.45, 2.75) is 78.1 Å². The molecule has 0 aromatic heterocycles. The molecule has 2 aliphatic carbocycles. The zero-order valence-electron chi connectivity index (χ0n) is 18.0. The highest BCUT2D eigenvalue weighted by Gasteiger charge is 2.29. The average molecular weight is 379 g/mol. The van der Waals surface area contributed by atoms with Gasteiger partial charge in [-0.25, -0.2) is 0 Å². The average Bonchev–Trinajstić information content (AvgIpc) is 2.76. The summed E-state index contributed by atoms with van der Waals surface area (Å²) in [7, 11) is 0. The van der Waals surface area contributed by atoms with E-state index >= 15 is 0 Å². The lowest BCUT2D eigenvalue weighted by Gasteiger charge is -2.37. The highest BCUT2D eigenvalue weighted by Crippen LogP contribution is 2.42. The molecule has 0 saturated heterocycles. The Balaban J connectivity index is 1.39. The van der Waals surface area contributed by atoms with Crippen LogP contribution in [0.4, 0.5) is 0 Å². The Kier molecular flexibility index (Phi) is 8.53. The van der Waals surface area contributed by atoms with Crippen LogP contribution in [0.2, 0.25) is 0 Å². The molecule has 0 unspecified atom stereocenters. The van der Waals surface area contributed by atoms with E-state index in [-0.39, 0.29) is 0 Å². The maximum Gasteiger partial charge on any atom is 0.119 e.